The summed E-state index contributed by atoms with van der Waals surface area (Å²) < 4.78 is 0. The summed E-state index contributed by atoms with van der Waals surface area (Å²) in [5, 5.41) is 11.6. The summed E-state index contributed by atoms with van der Waals surface area (Å²) in [7, 11) is 0. The fourth-order valence-corrected chi connectivity index (χ4v) is 2.14. The maximum absolute atomic E-state index is 7.52. The normalized spacial score (nSPS) is 10.0. The van der Waals surface area contributed by atoms with Crippen LogP contribution in [0.1, 0.15) is 19.0 Å². The Morgan fingerprint density at radius 3 is 2.95 bits per heavy atom. The van der Waals surface area contributed by atoms with E-state index in [9.17, 15) is 0 Å². The van der Waals surface area contributed by atoms with E-state index in [1.807, 2.05) is 13.0 Å². The molecule has 0 saturated heterocycles. The molecule has 0 fully saturated rings. The van der Waals surface area contributed by atoms with Gasteiger partial charge < -0.3 is 11.1 Å². The second-order valence-electron chi connectivity index (χ2n) is 3.91. The SMILES string of the molecule is CCNC(=S)N(CCCc1ncccc1Cl)C(=N)N. The Labute approximate surface area is 123 Å². The van der Waals surface area contributed by atoms with Crippen LogP contribution in [0, 0.1) is 5.41 Å². The Kier molecular flexibility index (Phi) is 6.52. The van der Waals surface area contributed by atoms with E-state index in [4.69, 9.17) is 35.0 Å². The number of thiocarbonyl (C=S) groups is 1. The number of rotatable bonds is 5. The Balaban J connectivity index is 2.51. The Morgan fingerprint density at radius 1 is 1.63 bits per heavy atom. The molecule has 0 atom stereocenters. The van der Waals surface area contributed by atoms with E-state index in [-0.39, 0.29) is 5.96 Å². The molecule has 1 heterocycles. The average molecular weight is 300 g/mol. The highest BCUT2D eigenvalue weighted by Gasteiger charge is 2.12. The molecular weight excluding hydrogens is 282 g/mol. The molecule has 0 aliphatic rings. The van der Waals surface area contributed by atoms with Gasteiger partial charge in [-0.25, -0.2) is 0 Å². The molecule has 0 unspecified atom stereocenters. The highest BCUT2D eigenvalue weighted by molar-refractivity contribution is 7.80. The molecule has 0 amide bonds. The van der Waals surface area contributed by atoms with Crippen LogP contribution in [0.2, 0.25) is 5.02 Å². The van der Waals surface area contributed by atoms with E-state index in [1.165, 1.54) is 0 Å². The minimum absolute atomic E-state index is 0.0573. The van der Waals surface area contributed by atoms with Crippen LogP contribution in [0.15, 0.2) is 18.3 Å². The summed E-state index contributed by atoms with van der Waals surface area (Å²) in [6, 6.07) is 3.61. The molecule has 0 aliphatic carbocycles. The van der Waals surface area contributed by atoms with Crippen molar-refractivity contribution >= 4 is 34.9 Å². The van der Waals surface area contributed by atoms with Crippen molar-refractivity contribution in [3.8, 4) is 0 Å². The van der Waals surface area contributed by atoms with Gasteiger partial charge in [-0.1, -0.05) is 11.6 Å². The van der Waals surface area contributed by atoms with Crippen molar-refractivity contribution in [3.63, 3.8) is 0 Å². The van der Waals surface area contributed by atoms with Crippen molar-refractivity contribution in [2.75, 3.05) is 13.1 Å². The first-order valence-electron chi connectivity index (χ1n) is 6.05. The minimum Gasteiger partial charge on any atom is -0.370 e. The number of nitrogens with zero attached hydrogens (tertiary/aromatic N) is 2. The van der Waals surface area contributed by atoms with E-state index in [0.717, 1.165) is 18.5 Å². The lowest BCUT2D eigenvalue weighted by Crippen LogP contribution is -2.47. The smallest absolute Gasteiger partial charge is 0.194 e. The summed E-state index contributed by atoms with van der Waals surface area (Å²) in [5.74, 6) is -0.0573. The number of hydrogen-bond acceptors (Lipinski definition) is 3. The van der Waals surface area contributed by atoms with Crippen molar-refractivity contribution in [2.45, 2.75) is 19.8 Å². The third-order valence-corrected chi connectivity index (χ3v) is 3.20. The molecule has 0 saturated carbocycles. The number of nitrogens with one attached hydrogen (secondary N) is 2. The van der Waals surface area contributed by atoms with Gasteiger partial charge in [0.25, 0.3) is 0 Å². The zero-order valence-corrected chi connectivity index (χ0v) is 12.4. The molecule has 4 N–H and O–H groups in total. The first-order chi connectivity index (χ1) is 9.06. The highest BCUT2D eigenvalue weighted by atomic mass is 35.5. The van der Waals surface area contributed by atoms with Gasteiger partial charge in [0.05, 0.1) is 10.7 Å². The van der Waals surface area contributed by atoms with Gasteiger partial charge in [0, 0.05) is 19.3 Å². The lowest BCUT2D eigenvalue weighted by atomic mass is 10.2. The van der Waals surface area contributed by atoms with Crippen molar-refractivity contribution in [2.24, 2.45) is 5.73 Å². The summed E-state index contributed by atoms with van der Waals surface area (Å²) in [6.07, 6.45) is 3.20. The molecule has 1 aromatic heterocycles. The first kappa shape index (κ1) is 15.7. The van der Waals surface area contributed by atoms with Crippen molar-refractivity contribution in [1.29, 1.82) is 5.41 Å². The number of aromatic nitrogens is 1. The summed E-state index contributed by atoms with van der Waals surface area (Å²) in [4.78, 5) is 5.78. The van der Waals surface area contributed by atoms with E-state index in [1.54, 1.807) is 17.2 Å². The van der Waals surface area contributed by atoms with Crippen LogP contribution in [-0.2, 0) is 6.42 Å². The molecule has 7 heteroatoms. The first-order valence-corrected chi connectivity index (χ1v) is 6.83. The summed E-state index contributed by atoms with van der Waals surface area (Å²) in [6.45, 7) is 3.21. The van der Waals surface area contributed by atoms with Crippen LogP contribution in [0.5, 0.6) is 0 Å². The molecule has 5 nitrogen and oxygen atoms in total. The van der Waals surface area contributed by atoms with Gasteiger partial charge in [0.15, 0.2) is 11.1 Å². The van der Waals surface area contributed by atoms with Gasteiger partial charge >= 0.3 is 0 Å². The maximum atomic E-state index is 7.52. The average Bonchev–Trinajstić information content (AvgIpc) is 2.36. The number of nitrogens with two attached hydrogens (primary N) is 1. The van der Waals surface area contributed by atoms with Gasteiger partial charge in [-0.3, -0.25) is 15.3 Å². The second-order valence-corrected chi connectivity index (χ2v) is 4.70. The zero-order chi connectivity index (χ0) is 14.3. The zero-order valence-electron chi connectivity index (χ0n) is 10.8. The van der Waals surface area contributed by atoms with Crippen molar-refractivity contribution in [1.82, 2.24) is 15.2 Å². The largest absolute Gasteiger partial charge is 0.370 e. The van der Waals surface area contributed by atoms with Crippen LogP contribution < -0.4 is 11.1 Å². The van der Waals surface area contributed by atoms with Crippen LogP contribution in [-0.4, -0.2) is 34.0 Å². The lowest BCUT2D eigenvalue weighted by molar-refractivity contribution is 0.553. The van der Waals surface area contributed by atoms with Crippen LogP contribution in [0.4, 0.5) is 0 Å². The predicted octanol–water partition coefficient (Wildman–Crippen LogP) is 1.76. The molecule has 0 radical (unpaired) electrons. The molecule has 1 aromatic rings. The van der Waals surface area contributed by atoms with Crippen LogP contribution in [0.25, 0.3) is 0 Å². The number of aryl methyl sites for hydroxylation is 1. The molecule has 104 valence electrons. The van der Waals surface area contributed by atoms with Crippen LogP contribution in [0.3, 0.4) is 0 Å². The van der Waals surface area contributed by atoms with E-state index in [2.05, 4.69) is 10.3 Å². The monoisotopic (exact) mass is 299 g/mol. The molecule has 0 aromatic carbocycles. The van der Waals surface area contributed by atoms with Gasteiger partial charge in [-0.2, -0.15) is 0 Å². The Morgan fingerprint density at radius 2 is 2.37 bits per heavy atom. The molecular formula is C12H18ClN5S. The number of guanidine groups is 1. The van der Waals surface area contributed by atoms with Gasteiger partial charge in [0.2, 0.25) is 0 Å². The van der Waals surface area contributed by atoms with Gasteiger partial charge in [-0.05, 0) is 44.1 Å². The van der Waals surface area contributed by atoms with E-state index >= 15 is 0 Å². The molecule has 0 spiro atoms. The predicted molar refractivity (Wildman–Crippen MR) is 82.5 cm³/mol. The van der Waals surface area contributed by atoms with Gasteiger partial charge in [-0.15, -0.1) is 0 Å². The van der Waals surface area contributed by atoms with E-state index in [0.29, 0.717) is 23.2 Å². The highest BCUT2D eigenvalue weighted by Crippen LogP contribution is 2.13. The number of hydrogen-bond donors (Lipinski definition) is 3. The fraction of sp³-hybridized carbons (Fsp3) is 0.417. The van der Waals surface area contributed by atoms with Crippen molar-refractivity contribution < 1.29 is 0 Å². The Bertz CT molecular complexity index is 452. The quantitative estimate of drug-likeness (QED) is 0.439. The van der Waals surface area contributed by atoms with E-state index < -0.39 is 0 Å². The third kappa shape index (κ3) is 5.00. The summed E-state index contributed by atoms with van der Waals surface area (Å²) in [5.41, 5.74) is 6.37. The molecule has 0 aliphatic heterocycles. The summed E-state index contributed by atoms with van der Waals surface area (Å²) >= 11 is 11.2. The van der Waals surface area contributed by atoms with Gasteiger partial charge in [0.1, 0.15) is 0 Å². The lowest BCUT2D eigenvalue weighted by Gasteiger charge is -2.23. The minimum atomic E-state index is -0.0573. The standard InChI is InChI=1S/C12H18ClN5S/c1-2-16-12(19)18(11(14)15)8-4-6-10-9(13)5-3-7-17-10/h3,5,7H,2,4,6,8H2,1H3,(H3,14,15)(H,16,19). The third-order valence-electron chi connectivity index (χ3n) is 2.49. The fourth-order valence-electron chi connectivity index (χ4n) is 1.59. The van der Waals surface area contributed by atoms with Crippen molar-refractivity contribution in [3.05, 3.63) is 29.0 Å². The Hall–Kier alpha value is -1.40. The maximum Gasteiger partial charge on any atom is 0.194 e. The second kappa shape index (κ2) is 7.91. The topological polar surface area (TPSA) is 78.0 Å². The van der Waals surface area contributed by atoms with Crippen LogP contribution >= 0.6 is 23.8 Å². The molecule has 0 bridgehead atoms. The number of pyridine rings is 1. The molecule has 19 heavy (non-hydrogen) atoms. The number of halogens is 1. The molecule has 1 rings (SSSR count).